The highest BCUT2D eigenvalue weighted by Crippen LogP contribution is 2.14. The third-order valence-corrected chi connectivity index (χ3v) is 2.78. The molecule has 0 aliphatic rings. The van der Waals surface area contributed by atoms with Crippen molar-refractivity contribution in [3.63, 3.8) is 0 Å². The predicted octanol–water partition coefficient (Wildman–Crippen LogP) is 1.82. The second-order valence-electron chi connectivity index (χ2n) is 4.28. The molecule has 4 nitrogen and oxygen atoms in total. The number of hydrogen-bond acceptors (Lipinski definition) is 3. The van der Waals surface area contributed by atoms with Gasteiger partial charge in [0.05, 0.1) is 7.11 Å². The molecule has 0 fully saturated rings. The van der Waals surface area contributed by atoms with Gasteiger partial charge in [0.15, 0.2) is 0 Å². The number of methoxy groups -OCH3 is 1. The smallest absolute Gasteiger partial charge is 0.222 e. The Morgan fingerprint density at radius 1 is 1.39 bits per heavy atom. The monoisotopic (exact) mass is 251 g/mol. The highest BCUT2D eigenvalue weighted by atomic mass is 16.5. The van der Waals surface area contributed by atoms with Crippen molar-refractivity contribution >= 4 is 5.91 Å². The fourth-order valence-corrected chi connectivity index (χ4v) is 1.71. The first-order chi connectivity index (χ1) is 8.67. The van der Waals surface area contributed by atoms with Crippen LogP contribution in [0.3, 0.4) is 0 Å². The molecule has 1 N–H and O–H groups in total. The molecular formula is C14H21NO3. The summed E-state index contributed by atoms with van der Waals surface area (Å²) >= 11 is 0. The van der Waals surface area contributed by atoms with Crippen LogP contribution >= 0.6 is 0 Å². The van der Waals surface area contributed by atoms with Crippen LogP contribution < -0.4 is 4.74 Å². The number of benzene rings is 1. The highest BCUT2D eigenvalue weighted by Gasteiger charge is 2.09. The van der Waals surface area contributed by atoms with Gasteiger partial charge in [-0.1, -0.05) is 12.1 Å². The number of unbranched alkanes of at least 4 members (excludes halogenated alkanes) is 1. The molecule has 0 aromatic heterocycles. The second-order valence-corrected chi connectivity index (χ2v) is 4.28. The zero-order valence-corrected chi connectivity index (χ0v) is 11.1. The Kier molecular flexibility index (Phi) is 6.22. The molecule has 1 amide bonds. The van der Waals surface area contributed by atoms with Crippen LogP contribution in [0.25, 0.3) is 0 Å². The maximum Gasteiger partial charge on any atom is 0.222 e. The number of rotatable bonds is 7. The molecule has 0 unspecified atom stereocenters. The van der Waals surface area contributed by atoms with Crippen LogP contribution in [0.2, 0.25) is 0 Å². The lowest BCUT2D eigenvalue weighted by Crippen LogP contribution is -2.25. The van der Waals surface area contributed by atoms with Crippen molar-refractivity contribution in [3.8, 4) is 5.75 Å². The van der Waals surface area contributed by atoms with Gasteiger partial charge in [-0.25, -0.2) is 0 Å². The van der Waals surface area contributed by atoms with Gasteiger partial charge < -0.3 is 14.7 Å². The summed E-state index contributed by atoms with van der Waals surface area (Å²) in [5.74, 6) is 0.903. The van der Waals surface area contributed by atoms with E-state index >= 15 is 0 Å². The summed E-state index contributed by atoms with van der Waals surface area (Å²) in [6.45, 7) is 0.724. The third-order valence-electron chi connectivity index (χ3n) is 2.78. The van der Waals surface area contributed by atoms with Gasteiger partial charge in [0, 0.05) is 26.6 Å². The number of aliphatic hydroxyl groups is 1. The van der Waals surface area contributed by atoms with Crippen LogP contribution in [0, 0.1) is 0 Å². The summed E-state index contributed by atoms with van der Waals surface area (Å²) in [5, 5.41) is 8.67. The summed E-state index contributed by atoms with van der Waals surface area (Å²) in [4.78, 5) is 13.5. The Morgan fingerprint density at radius 2 is 2.17 bits per heavy atom. The minimum atomic E-state index is 0.103. The topological polar surface area (TPSA) is 49.8 Å². The van der Waals surface area contributed by atoms with E-state index in [2.05, 4.69) is 0 Å². The molecule has 0 saturated heterocycles. The summed E-state index contributed by atoms with van der Waals surface area (Å²) in [6, 6.07) is 7.70. The van der Waals surface area contributed by atoms with Crippen molar-refractivity contribution in [2.45, 2.75) is 25.8 Å². The Bertz CT molecular complexity index is 379. The summed E-state index contributed by atoms with van der Waals surface area (Å²) in [7, 11) is 3.42. The van der Waals surface area contributed by atoms with Crippen molar-refractivity contribution in [2.75, 3.05) is 20.8 Å². The fourth-order valence-electron chi connectivity index (χ4n) is 1.71. The van der Waals surface area contributed by atoms with Crippen molar-refractivity contribution in [1.82, 2.24) is 4.90 Å². The zero-order valence-electron chi connectivity index (χ0n) is 11.1. The predicted molar refractivity (Wildman–Crippen MR) is 70.4 cm³/mol. The molecule has 0 saturated carbocycles. The van der Waals surface area contributed by atoms with Gasteiger partial charge in [0.1, 0.15) is 5.75 Å². The number of hydrogen-bond donors (Lipinski definition) is 1. The normalized spacial score (nSPS) is 10.2. The van der Waals surface area contributed by atoms with Crippen molar-refractivity contribution in [3.05, 3.63) is 29.8 Å². The molecule has 0 spiro atoms. The molecule has 18 heavy (non-hydrogen) atoms. The molecule has 0 heterocycles. The van der Waals surface area contributed by atoms with Gasteiger partial charge in [0.2, 0.25) is 5.91 Å². The van der Waals surface area contributed by atoms with E-state index in [0.29, 0.717) is 19.4 Å². The van der Waals surface area contributed by atoms with Crippen molar-refractivity contribution in [2.24, 2.45) is 0 Å². The van der Waals surface area contributed by atoms with E-state index in [1.54, 1.807) is 19.1 Å². The Balaban J connectivity index is 2.47. The third kappa shape index (κ3) is 4.75. The molecule has 0 radical (unpaired) electrons. The average Bonchev–Trinajstić information content (AvgIpc) is 2.39. The van der Waals surface area contributed by atoms with Gasteiger partial charge in [0.25, 0.3) is 0 Å². The van der Waals surface area contributed by atoms with E-state index in [4.69, 9.17) is 9.84 Å². The first-order valence-electron chi connectivity index (χ1n) is 6.15. The molecule has 0 aliphatic heterocycles. The standard InChI is InChI=1S/C14H21NO3/c1-15(14(17)8-3-4-9-16)11-12-6-5-7-13(10-12)18-2/h5-7,10,16H,3-4,8-9,11H2,1-2H3. The number of carbonyl (C=O) groups is 1. The van der Waals surface area contributed by atoms with Gasteiger partial charge in [-0.15, -0.1) is 0 Å². The van der Waals surface area contributed by atoms with E-state index in [1.165, 1.54) is 0 Å². The van der Waals surface area contributed by atoms with Crippen LogP contribution in [0.1, 0.15) is 24.8 Å². The molecule has 1 aromatic carbocycles. The molecule has 4 heteroatoms. The van der Waals surface area contributed by atoms with Gasteiger partial charge >= 0.3 is 0 Å². The summed E-state index contributed by atoms with van der Waals surface area (Å²) in [5.41, 5.74) is 1.05. The number of aliphatic hydroxyl groups excluding tert-OH is 1. The SMILES string of the molecule is COc1cccc(CN(C)C(=O)CCCCO)c1. The lowest BCUT2D eigenvalue weighted by molar-refractivity contribution is -0.130. The zero-order chi connectivity index (χ0) is 13.4. The van der Waals surface area contributed by atoms with E-state index in [1.807, 2.05) is 24.3 Å². The highest BCUT2D eigenvalue weighted by molar-refractivity contribution is 5.75. The van der Waals surface area contributed by atoms with E-state index < -0.39 is 0 Å². The molecule has 0 atom stereocenters. The van der Waals surface area contributed by atoms with Gasteiger partial charge in [-0.2, -0.15) is 0 Å². The minimum absolute atomic E-state index is 0.103. The van der Waals surface area contributed by atoms with Crippen LogP contribution in [0.5, 0.6) is 5.75 Å². The molecule has 0 bridgehead atoms. The Morgan fingerprint density at radius 3 is 2.83 bits per heavy atom. The van der Waals surface area contributed by atoms with Crippen LogP contribution in [0.15, 0.2) is 24.3 Å². The van der Waals surface area contributed by atoms with Crippen molar-refractivity contribution < 1.29 is 14.6 Å². The lowest BCUT2D eigenvalue weighted by Gasteiger charge is -2.17. The summed E-state index contributed by atoms with van der Waals surface area (Å²) < 4.78 is 5.15. The summed E-state index contributed by atoms with van der Waals surface area (Å²) in [6.07, 6.45) is 1.90. The van der Waals surface area contributed by atoms with Crippen LogP contribution in [-0.2, 0) is 11.3 Å². The number of ether oxygens (including phenoxy) is 1. The molecule has 100 valence electrons. The Hall–Kier alpha value is -1.55. The van der Waals surface area contributed by atoms with Gasteiger partial charge in [-0.3, -0.25) is 4.79 Å². The maximum absolute atomic E-state index is 11.8. The Labute approximate surface area is 108 Å². The number of nitrogens with zero attached hydrogens (tertiary/aromatic N) is 1. The molecule has 1 rings (SSSR count). The van der Waals surface area contributed by atoms with E-state index in [-0.39, 0.29) is 12.5 Å². The lowest BCUT2D eigenvalue weighted by atomic mass is 10.2. The fraction of sp³-hybridized carbons (Fsp3) is 0.500. The maximum atomic E-state index is 11.8. The average molecular weight is 251 g/mol. The number of carbonyl (C=O) groups excluding carboxylic acids is 1. The van der Waals surface area contributed by atoms with Crippen LogP contribution in [-0.4, -0.2) is 36.7 Å². The molecular weight excluding hydrogens is 230 g/mol. The second kappa shape index (κ2) is 7.71. The largest absolute Gasteiger partial charge is 0.497 e. The van der Waals surface area contributed by atoms with Crippen LogP contribution in [0.4, 0.5) is 0 Å². The first-order valence-corrected chi connectivity index (χ1v) is 6.15. The van der Waals surface area contributed by atoms with E-state index in [0.717, 1.165) is 17.7 Å². The molecule has 1 aromatic rings. The van der Waals surface area contributed by atoms with E-state index in [9.17, 15) is 4.79 Å². The quantitative estimate of drug-likeness (QED) is 0.752. The number of amides is 1. The first kappa shape index (κ1) is 14.5. The minimum Gasteiger partial charge on any atom is -0.497 e. The van der Waals surface area contributed by atoms with Gasteiger partial charge in [-0.05, 0) is 30.5 Å². The molecule has 0 aliphatic carbocycles. The van der Waals surface area contributed by atoms with Crippen molar-refractivity contribution in [1.29, 1.82) is 0 Å².